The Kier molecular flexibility index (Phi) is 6.09. The lowest BCUT2D eigenvalue weighted by atomic mass is 9.99. The second-order valence-electron chi connectivity index (χ2n) is 5.95. The maximum absolute atomic E-state index is 12.2. The molecule has 1 heterocycles. The number of carbonyl (C=O) groups is 1. The lowest BCUT2D eigenvalue weighted by molar-refractivity contribution is -0.135. The SMILES string of the molecule is CC(O)CN(C(=O)CN1CCC(C)CC1)C(C)C. The van der Waals surface area contributed by atoms with Gasteiger partial charge in [-0.3, -0.25) is 9.69 Å². The van der Waals surface area contributed by atoms with E-state index in [4.69, 9.17) is 0 Å². The van der Waals surface area contributed by atoms with Gasteiger partial charge < -0.3 is 10.0 Å². The first kappa shape index (κ1) is 15.4. The molecule has 1 fully saturated rings. The summed E-state index contributed by atoms with van der Waals surface area (Å²) >= 11 is 0. The molecule has 4 heteroatoms. The van der Waals surface area contributed by atoms with E-state index in [1.165, 1.54) is 12.8 Å². The molecule has 1 saturated heterocycles. The predicted molar refractivity (Wildman–Crippen MR) is 73.4 cm³/mol. The van der Waals surface area contributed by atoms with Crippen molar-refractivity contribution in [1.82, 2.24) is 9.80 Å². The molecule has 0 aromatic rings. The molecule has 0 aliphatic carbocycles. The lowest BCUT2D eigenvalue weighted by Gasteiger charge is -2.33. The van der Waals surface area contributed by atoms with Gasteiger partial charge in [0.15, 0.2) is 0 Å². The van der Waals surface area contributed by atoms with Crippen LogP contribution in [0.3, 0.4) is 0 Å². The van der Waals surface area contributed by atoms with Crippen molar-refractivity contribution in [3.05, 3.63) is 0 Å². The van der Waals surface area contributed by atoms with Crippen LogP contribution in [0.1, 0.15) is 40.5 Å². The van der Waals surface area contributed by atoms with Crippen LogP contribution in [0, 0.1) is 5.92 Å². The Labute approximate surface area is 111 Å². The molecule has 0 bridgehead atoms. The molecule has 0 saturated carbocycles. The second-order valence-corrected chi connectivity index (χ2v) is 5.95. The highest BCUT2D eigenvalue weighted by Gasteiger charge is 2.23. The summed E-state index contributed by atoms with van der Waals surface area (Å²) in [6.45, 7) is 11.0. The molecule has 1 unspecified atom stereocenters. The van der Waals surface area contributed by atoms with Crippen molar-refractivity contribution in [2.24, 2.45) is 5.92 Å². The van der Waals surface area contributed by atoms with Crippen LogP contribution in [0.4, 0.5) is 0 Å². The van der Waals surface area contributed by atoms with Crippen LogP contribution >= 0.6 is 0 Å². The van der Waals surface area contributed by atoms with Gasteiger partial charge in [0.2, 0.25) is 5.91 Å². The molecule has 1 aliphatic heterocycles. The fraction of sp³-hybridized carbons (Fsp3) is 0.929. The normalized spacial score (nSPS) is 20.1. The fourth-order valence-electron chi connectivity index (χ4n) is 2.39. The van der Waals surface area contributed by atoms with Crippen molar-refractivity contribution in [3.63, 3.8) is 0 Å². The molecule has 1 atom stereocenters. The van der Waals surface area contributed by atoms with Gasteiger partial charge in [0.1, 0.15) is 0 Å². The summed E-state index contributed by atoms with van der Waals surface area (Å²) in [6, 6.07) is 0.149. The van der Waals surface area contributed by atoms with Crippen molar-refractivity contribution in [2.75, 3.05) is 26.2 Å². The molecule has 4 nitrogen and oxygen atoms in total. The van der Waals surface area contributed by atoms with E-state index in [0.717, 1.165) is 19.0 Å². The number of nitrogens with zero attached hydrogens (tertiary/aromatic N) is 2. The van der Waals surface area contributed by atoms with Crippen LogP contribution in [-0.2, 0) is 4.79 Å². The van der Waals surface area contributed by atoms with Crippen LogP contribution in [0.2, 0.25) is 0 Å². The highest BCUT2D eigenvalue weighted by atomic mass is 16.3. The summed E-state index contributed by atoms with van der Waals surface area (Å²) in [7, 11) is 0. The molecule has 1 amide bonds. The molecular weight excluding hydrogens is 228 g/mol. The quantitative estimate of drug-likeness (QED) is 0.807. The van der Waals surface area contributed by atoms with E-state index in [-0.39, 0.29) is 11.9 Å². The number of hydrogen-bond acceptors (Lipinski definition) is 3. The zero-order valence-electron chi connectivity index (χ0n) is 12.2. The van der Waals surface area contributed by atoms with Gasteiger partial charge in [-0.2, -0.15) is 0 Å². The largest absolute Gasteiger partial charge is 0.392 e. The standard InChI is InChI=1S/C14H28N2O2/c1-11(2)16(9-13(4)17)14(18)10-15-7-5-12(3)6-8-15/h11-13,17H,5-10H2,1-4H3. The highest BCUT2D eigenvalue weighted by molar-refractivity contribution is 5.78. The van der Waals surface area contributed by atoms with Crippen molar-refractivity contribution < 1.29 is 9.90 Å². The number of piperidine rings is 1. The van der Waals surface area contributed by atoms with E-state index < -0.39 is 6.10 Å². The summed E-state index contributed by atoms with van der Waals surface area (Å²) in [6.07, 6.45) is 1.91. The van der Waals surface area contributed by atoms with Gasteiger partial charge in [-0.15, -0.1) is 0 Å². The third kappa shape index (κ3) is 4.94. The van der Waals surface area contributed by atoms with Crippen molar-refractivity contribution in [1.29, 1.82) is 0 Å². The van der Waals surface area contributed by atoms with Crippen molar-refractivity contribution >= 4 is 5.91 Å². The minimum atomic E-state index is -0.460. The third-order valence-corrected chi connectivity index (χ3v) is 3.64. The van der Waals surface area contributed by atoms with Gasteiger partial charge in [0.05, 0.1) is 12.6 Å². The Morgan fingerprint density at radius 1 is 1.33 bits per heavy atom. The number of likely N-dealkylation sites (tertiary alicyclic amines) is 1. The van der Waals surface area contributed by atoms with E-state index in [9.17, 15) is 9.90 Å². The zero-order chi connectivity index (χ0) is 13.7. The van der Waals surface area contributed by atoms with Crippen LogP contribution in [0.25, 0.3) is 0 Å². The van der Waals surface area contributed by atoms with E-state index >= 15 is 0 Å². The van der Waals surface area contributed by atoms with Crippen LogP contribution in [0.15, 0.2) is 0 Å². The topological polar surface area (TPSA) is 43.8 Å². The number of hydrogen-bond donors (Lipinski definition) is 1. The Morgan fingerprint density at radius 2 is 1.89 bits per heavy atom. The number of carbonyl (C=O) groups excluding carboxylic acids is 1. The predicted octanol–water partition coefficient (Wildman–Crippen LogP) is 1.34. The maximum atomic E-state index is 12.2. The fourth-order valence-corrected chi connectivity index (χ4v) is 2.39. The van der Waals surface area contributed by atoms with Gasteiger partial charge in [-0.1, -0.05) is 6.92 Å². The first-order valence-electron chi connectivity index (χ1n) is 7.10. The molecule has 0 aromatic heterocycles. The van der Waals surface area contributed by atoms with Gasteiger partial charge in [-0.25, -0.2) is 0 Å². The number of rotatable bonds is 5. The molecule has 1 aliphatic rings. The molecule has 0 aromatic carbocycles. The monoisotopic (exact) mass is 256 g/mol. The summed E-state index contributed by atoms with van der Waals surface area (Å²) in [5.74, 6) is 0.926. The summed E-state index contributed by atoms with van der Waals surface area (Å²) in [4.78, 5) is 16.3. The Balaban J connectivity index is 2.46. The van der Waals surface area contributed by atoms with E-state index in [2.05, 4.69) is 11.8 Å². The maximum Gasteiger partial charge on any atom is 0.237 e. The number of amides is 1. The minimum Gasteiger partial charge on any atom is -0.392 e. The summed E-state index contributed by atoms with van der Waals surface area (Å²) in [5, 5.41) is 9.45. The second kappa shape index (κ2) is 7.10. The number of aliphatic hydroxyl groups excluding tert-OH is 1. The first-order valence-corrected chi connectivity index (χ1v) is 7.10. The highest BCUT2D eigenvalue weighted by Crippen LogP contribution is 2.16. The van der Waals surface area contributed by atoms with Gasteiger partial charge >= 0.3 is 0 Å². The van der Waals surface area contributed by atoms with Crippen LogP contribution < -0.4 is 0 Å². The zero-order valence-corrected chi connectivity index (χ0v) is 12.2. The van der Waals surface area contributed by atoms with Crippen molar-refractivity contribution in [3.8, 4) is 0 Å². The van der Waals surface area contributed by atoms with E-state index in [1.807, 2.05) is 13.8 Å². The average Bonchev–Trinajstić information content (AvgIpc) is 2.28. The smallest absolute Gasteiger partial charge is 0.237 e. The van der Waals surface area contributed by atoms with E-state index in [1.54, 1.807) is 11.8 Å². The molecule has 1 N–H and O–H groups in total. The van der Waals surface area contributed by atoms with E-state index in [0.29, 0.717) is 13.1 Å². The summed E-state index contributed by atoms with van der Waals surface area (Å²) in [5.41, 5.74) is 0. The van der Waals surface area contributed by atoms with Crippen LogP contribution in [0.5, 0.6) is 0 Å². The Hall–Kier alpha value is -0.610. The molecular formula is C14H28N2O2. The number of aliphatic hydroxyl groups is 1. The minimum absolute atomic E-state index is 0.139. The van der Waals surface area contributed by atoms with Crippen LogP contribution in [-0.4, -0.2) is 59.1 Å². The Bertz CT molecular complexity index is 259. The molecule has 106 valence electrons. The molecule has 1 rings (SSSR count). The average molecular weight is 256 g/mol. The van der Waals surface area contributed by atoms with Gasteiger partial charge in [0.25, 0.3) is 0 Å². The third-order valence-electron chi connectivity index (χ3n) is 3.64. The van der Waals surface area contributed by atoms with Gasteiger partial charge in [-0.05, 0) is 52.6 Å². The lowest BCUT2D eigenvalue weighted by Crippen LogP contribution is -2.47. The molecule has 0 radical (unpaired) electrons. The Morgan fingerprint density at radius 3 is 2.33 bits per heavy atom. The van der Waals surface area contributed by atoms with Gasteiger partial charge in [0, 0.05) is 12.6 Å². The molecule has 0 spiro atoms. The first-order chi connectivity index (χ1) is 8.40. The molecule has 18 heavy (non-hydrogen) atoms. The van der Waals surface area contributed by atoms with Crippen molar-refractivity contribution in [2.45, 2.75) is 52.7 Å². The summed E-state index contributed by atoms with van der Waals surface area (Å²) < 4.78 is 0.